The Hall–Kier alpha value is -0.620. The summed E-state index contributed by atoms with van der Waals surface area (Å²) < 4.78 is 23.2. The number of aryl methyl sites for hydroxylation is 1. The van der Waals surface area contributed by atoms with Crippen molar-refractivity contribution in [2.24, 2.45) is 0 Å². The van der Waals surface area contributed by atoms with Crippen LogP contribution in [0, 0.1) is 6.92 Å². The van der Waals surface area contributed by atoms with E-state index >= 15 is 0 Å². The van der Waals surface area contributed by atoms with Crippen molar-refractivity contribution >= 4 is 31.6 Å². The van der Waals surface area contributed by atoms with Gasteiger partial charge < -0.3 is 5.32 Å². The van der Waals surface area contributed by atoms with Gasteiger partial charge in [-0.1, -0.05) is 0 Å². The number of rotatable bonds is 4. The maximum absolute atomic E-state index is 11.5. The predicted molar refractivity (Wildman–Crippen MR) is 74.1 cm³/mol. The van der Waals surface area contributed by atoms with Crippen LogP contribution in [0.25, 0.3) is 0 Å². The van der Waals surface area contributed by atoms with E-state index in [9.17, 15) is 8.42 Å². The topological polar surface area (TPSA) is 59.1 Å². The third kappa shape index (κ3) is 3.67. The van der Waals surface area contributed by atoms with Gasteiger partial charge >= 0.3 is 0 Å². The van der Waals surface area contributed by atoms with E-state index in [0.29, 0.717) is 12.4 Å². The van der Waals surface area contributed by atoms with E-state index in [-0.39, 0.29) is 0 Å². The van der Waals surface area contributed by atoms with Gasteiger partial charge in [0.25, 0.3) is 0 Å². The Bertz CT molecular complexity index is 512. The molecular formula is C11H17BrN2O2S. The van der Waals surface area contributed by atoms with Gasteiger partial charge in [-0.3, -0.25) is 0 Å². The third-order valence-electron chi connectivity index (χ3n) is 2.73. The lowest BCUT2D eigenvalue weighted by Gasteiger charge is -2.23. The molecule has 0 bridgehead atoms. The minimum atomic E-state index is -3.09. The minimum Gasteiger partial charge on any atom is -0.368 e. The average molecular weight is 321 g/mol. The summed E-state index contributed by atoms with van der Waals surface area (Å²) in [7, 11) is -3.09. The smallest absolute Gasteiger partial charge is 0.154 e. The lowest BCUT2D eigenvalue weighted by atomic mass is 10.2. The SMILES string of the molecule is Cc1cc(Br)cnc1NCC(C)(C)S(C)(=O)=O. The number of sulfone groups is 1. The summed E-state index contributed by atoms with van der Waals surface area (Å²) in [5, 5.41) is 3.08. The van der Waals surface area contributed by atoms with Crippen LogP contribution in [-0.2, 0) is 9.84 Å². The van der Waals surface area contributed by atoms with Gasteiger partial charge in [0.2, 0.25) is 0 Å². The number of halogens is 1. The van der Waals surface area contributed by atoms with Gasteiger partial charge in [-0.25, -0.2) is 13.4 Å². The molecule has 0 spiro atoms. The molecule has 0 fully saturated rings. The molecule has 96 valence electrons. The Morgan fingerprint density at radius 2 is 2.06 bits per heavy atom. The lowest BCUT2D eigenvalue weighted by molar-refractivity contribution is 0.559. The van der Waals surface area contributed by atoms with Gasteiger partial charge in [0, 0.05) is 23.5 Å². The minimum absolute atomic E-state index is 0.335. The molecule has 17 heavy (non-hydrogen) atoms. The number of anilines is 1. The maximum atomic E-state index is 11.5. The second-order valence-electron chi connectivity index (χ2n) is 4.70. The van der Waals surface area contributed by atoms with E-state index in [1.807, 2.05) is 13.0 Å². The van der Waals surface area contributed by atoms with Crippen LogP contribution >= 0.6 is 15.9 Å². The molecule has 4 nitrogen and oxygen atoms in total. The van der Waals surface area contributed by atoms with Crippen LogP contribution in [0.5, 0.6) is 0 Å². The summed E-state index contributed by atoms with van der Waals surface area (Å²) in [5.74, 6) is 0.713. The van der Waals surface area contributed by atoms with Gasteiger partial charge in [0.1, 0.15) is 5.82 Å². The molecule has 0 amide bonds. The third-order valence-corrected chi connectivity index (χ3v) is 5.32. The van der Waals surface area contributed by atoms with Crippen LogP contribution in [0.15, 0.2) is 16.7 Å². The lowest BCUT2D eigenvalue weighted by Crippen LogP contribution is -2.38. The normalized spacial score (nSPS) is 12.5. The first-order valence-corrected chi connectivity index (χ1v) is 7.87. The zero-order valence-corrected chi connectivity index (χ0v) is 12.8. The van der Waals surface area contributed by atoms with Gasteiger partial charge in [-0.15, -0.1) is 0 Å². The summed E-state index contributed by atoms with van der Waals surface area (Å²) in [6.45, 7) is 5.65. The maximum Gasteiger partial charge on any atom is 0.154 e. The van der Waals surface area contributed by atoms with Crippen molar-refractivity contribution in [3.8, 4) is 0 Å². The van der Waals surface area contributed by atoms with Crippen molar-refractivity contribution in [3.63, 3.8) is 0 Å². The molecule has 1 aromatic heterocycles. The number of nitrogens with one attached hydrogen (secondary N) is 1. The van der Waals surface area contributed by atoms with E-state index in [1.54, 1.807) is 20.0 Å². The predicted octanol–water partition coefficient (Wildman–Crippen LogP) is 2.39. The van der Waals surface area contributed by atoms with E-state index < -0.39 is 14.6 Å². The standard InChI is InChI=1S/C11H17BrN2O2S/c1-8-5-9(12)6-13-10(8)14-7-11(2,3)17(4,15)16/h5-6H,7H2,1-4H3,(H,13,14). The first kappa shape index (κ1) is 14.4. The van der Waals surface area contributed by atoms with E-state index in [4.69, 9.17) is 0 Å². The molecule has 0 aromatic carbocycles. The van der Waals surface area contributed by atoms with Crippen molar-refractivity contribution in [1.82, 2.24) is 4.98 Å². The van der Waals surface area contributed by atoms with Crippen molar-refractivity contribution < 1.29 is 8.42 Å². The molecule has 0 aliphatic rings. The first-order chi connectivity index (χ1) is 7.63. The van der Waals surface area contributed by atoms with E-state index in [2.05, 4.69) is 26.2 Å². The molecule has 0 saturated carbocycles. The Balaban J connectivity index is 2.81. The number of nitrogens with zero attached hydrogens (tertiary/aromatic N) is 1. The van der Waals surface area contributed by atoms with Crippen LogP contribution in [0.1, 0.15) is 19.4 Å². The van der Waals surface area contributed by atoms with Crippen LogP contribution in [-0.4, -0.2) is 30.9 Å². The highest BCUT2D eigenvalue weighted by Crippen LogP contribution is 2.20. The van der Waals surface area contributed by atoms with Gasteiger partial charge in [0.15, 0.2) is 9.84 Å². The fraction of sp³-hybridized carbons (Fsp3) is 0.545. The van der Waals surface area contributed by atoms with Gasteiger partial charge in [0.05, 0.1) is 4.75 Å². The Morgan fingerprint density at radius 1 is 1.47 bits per heavy atom. The van der Waals surface area contributed by atoms with E-state index in [1.165, 1.54) is 6.26 Å². The monoisotopic (exact) mass is 320 g/mol. The molecule has 0 saturated heterocycles. The van der Waals surface area contributed by atoms with Crippen molar-refractivity contribution in [1.29, 1.82) is 0 Å². The molecule has 6 heteroatoms. The van der Waals surface area contributed by atoms with Crippen LogP contribution in [0.3, 0.4) is 0 Å². The number of hydrogen-bond acceptors (Lipinski definition) is 4. The average Bonchev–Trinajstić information content (AvgIpc) is 2.14. The zero-order valence-electron chi connectivity index (χ0n) is 10.4. The molecular weight excluding hydrogens is 304 g/mol. The highest BCUT2D eigenvalue weighted by molar-refractivity contribution is 9.10. The highest BCUT2D eigenvalue weighted by Gasteiger charge is 2.30. The fourth-order valence-electron chi connectivity index (χ4n) is 1.15. The second kappa shape index (κ2) is 4.94. The van der Waals surface area contributed by atoms with Crippen molar-refractivity contribution in [2.75, 3.05) is 18.1 Å². The Morgan fingerprint density at radius 3 is 2.53 bits per heavy atom. The number of aromatic nitrogens is 1. The van der Waals surface area contributed by atoms with Crippen LogP contribution in [0.2, 0.25) is 0 Å². The molecule has 1 heterocycles. The summed E-state index contributed by atoms with van der Waals surface area (Å²) in [6.07, 6.45) is 2.93. The van der Waals surface area contributed by atoms with Crippen LogP contribution < -0.4 is 5.32 Å². The van der Waals surface area contributed by atoms with Crippen molar-refractivity contribution in [2.45, 2.75) is 25.5 Å². The van der Waals surface area contributed by atoms with Crippen LogP contribution in [0.4, 0.5) is 5.82 Å². The number of hydrogen-bond donors (Lipinski definition) is 1. The molecule has 0 unspecified atom stereocenters. The largest absolute Gasteiger partial charge is 0.368 e. The summed E-state index contributed by atoms with van der Waals surface area (Å²) in [5.41, 5.74) is 0.976. The Kier molecular flexibility index (Phi) is 4.19. The Labute approximate surface area is 111 Å². The zero-order chi connectivity index (χ0) is 13.3. The molecule has 0 radical (unpaired) electrons. The molecule has 0 atom stereocenters. The summed E-state index contributed by atoms with van der Waals surface area (Å²) in [4.78, 5) is 4.21. The highest BCUT2D eigenvalue weighted by atomic mass is 79.9. The summed E-state index contributed by atoms with van der Waals surface area (Å²) in [6, 6.07) is 1.93. The molecule has 1 rings (SSSR count). The first-order valence-electron chi connectivity index (χ1n) is 5.19. The quantitative estimate of drug-likeness (QED) is 0.925. The fourth-order valence-corrected chi connectivity index (χ4v) is 1.93. The number of pyridine rings is 1. The van der Waals surface area contributed by atoms with E-state index in [0.717, 1.165) is 10.0 Å². The molecule has 1 aromatic rings. The van der Waals surface area contributed by atoms with Crippen molar-refractivity contribution in [3.05, 3.63) is 22.3 Å². The molecule has 0 aliphatic heterocycles. The second-order valence-corrected chi connectivity index (χ2v) is 8.27. The molecule has 0 aliphatic carbocycles. The van der Waals surface area contributed by atoms with Gasteiger partial charge in [-0.05, 0) is 48.3 Å². The summed E-state index contributed by atoms with van der Waals surface area (Å²) >= 11 is 3.33. The van der Waals surface area contributed by atoms with Gasteiger partial charge in [-0.2, -0.15) is 0 Å². The molecule has 1 N–H and O–H groups in total.